The standard InChI is InChI=1S/C31H35N3O13/c1-12-26(39)15(32)8-21(46-12)47-17-10-31(44,18(11-35)33-34-19(36)6-7-20(37)38)9-14-23(17)30(43)25-24(28(14)41)27(40)13-4-3-5-16(45-2)22(13)29(25)42/h3-5,12,15,17,21,26,35,39,41,43-44H,6-11,32H2,1-2H3,(H,34,36)(H,37,38)/b33-18-/t12?,15?,17-,21?,26?,31-/m0/s1. The van der Waals surface area contributed by atoms with Gasteiger partial charge in [0.1, 0.15) is 22.8 Å². The third-order valence-corrected chi connectivity index (χ3v) is 8.71. The van der Waals surface area contributed by atoms with Crippen LogP contribution in [0.2, 0.25) is 0 Å². The molecule has 0 radical (unpaired) electrons. The average Bonchev–Trinajstić information content (AvgIpc) is 3.02. The van der Waals surface area contributed by atoms with Crippen LogP contribution >= 0.6 is 0 Å². The minimum absolute atomic E-state index is 0.0317. The number of phenolic OH excluding ortho intramolecular Hbond substituents is 2. The van der Waals surface area contributed by atoms with Gasteiger partial charge in [0.05, 0.1) is 60.9 Å². The van der Waals surface area contributed by atoms with Crippen molar-refractivity contribution in [3.05, 3.63) is 51.6 Å². The molecule has 2 aromatic rings. The topological polar surface area (TPSA) is 268 Å². The van der Waals surface area contributed by atoms with Gasteiger partial charge in [-0.15, -0.1) is 0 Å². The molecule has 1 amide bonds. The number of aliphatic carboxylic acids is 1. The van der Waals surface area contributed by atoms with Gasteiger partial charge in [0.2, 0.25) is 11.7 Å². The van der Waals surface area contributed by atoms with Crippen LogP contribution in [-0.2, 0) is 25.5 Å². The molecule has 2 aromatic carbocycles. The van der Waals surface area contributed by atoms with E-state index >= 15 is 0 Å². The van der Waals surface area contributed by atoms with Crippen molar-refractivity contribution < 1.29 is 64.0 Å². The number of nitrogens with two attached hydrogens (primary N) is 1. The molecule has 4 unspecified atom stereocenters. The number of aliphatic hydroxyl groups excluding tert-OH is 2. The first-order chi connectivity index (χ1) is 22.2. The highest BCUT2D eigenvalue weighted by atomic mass is 16.7. The zero-order chi connectivity index (χ0) is 34.4. The molecule has 16 heteroatoms. The van der Waals surface area contributed by atoms with Crippen LogP contribution in [0.3, 0.4) is 0 Å². The molecule has 252 valence electrons. The molecule has 1 fully saturated rings. The van der Waals surface area contributed by atoms with Gasteiger partial charge < -0.3 is 50.6 Å². The van der Waals surface area contributed by atoms with E-state index in [4.69, 9.17) is 25.1 Å². The summed E-state index contributed by atoms with van der Waals surface area (Å²) in [5, 5.41) is 68.4. The predicted molar refractivity (Wildman–Crippen MR) is 159 cm³/mol. The van der Waals surface area contributed by atoms with E-state index in [-0.39, 0.29) is 34.4 Å². The molecular formula is C31H35N3O13. The third-order valence-electron chi connectivity index (χ3n) is 8.71. The monoisotopic (exact) mass is 657 g/mol. The molecule has 0 aromatic heterocycles. The number of carboxylic acid groups (broad SMARTS) is 1. The molecule has 1 saturated heterocycles. The summed E-state index contributed by atoms with van der Waals surface area (Å²) in [5.41, 5.74) is 3.95. The van der Waals surface area contributed by atoms with E-state index in [1.807, 2.05) is 0 Å². The Morgan fingerprint density at radius 1 is 1.13 bits per heavy atom. The second kappa shape index (κ2) is 13.0. The lowest BCUT2D eigenvalue weighted by Gasteiger charge is -2.43. The Morgan fingerprint density at radius 3 is 2.47 bits per heavy atom. The van der Waals surface area contributed by atoms with Gasteiger partial charge in [-0.25, -0.2) is 5.43 Å². The SMILES string of the molecule is COc1cccc2c1C(=O)c1c(O)c3c(c(O)c1C2=O)C[C@@](O)(/C(CO)=N\NC(=O)CCC(=O)O)C[C@@H]3OC1CC(N)C(O)C(C)O1. The quantitative estimate of drug-likeness (QED) is 0.0839. The summed E-state index contributed by atoms with van der Waals surface area (Å²) in [7, 11) is 1.31. The maximum Gasteiger partial charge on any atom is 0.303 e. The number of carbonyl (C=O) groups is 4. The summed E-state index contributed by atoms with van der Waals surface area (Å²) in [6, 6.07) is 3.52. The summed E-state index contributed by atoms with van der Waals surface area (Å²) >= 11 is 0. The third kappa shape index (κ3) is 6.06. The minimum Gasteiger partial charge on any atom is -0.507 e. The number of phenols is 2. The Kier molecular flexibility index (Phi) is 9.36. The van der Waals surface area contributed by atoms with Crippen molar-refractivity contribution >= 4 is 29.2 Å². The zero-order valence-corrected chi connectivity index (χ0v) is 25.4. The fourth-order valence-electron chi connectivity index (χ4n) is 6.30. The van der Waals surface area contributed by atoms with Crippen LogP contribution in [0.25, 0.3) is 0 Å². The molecule has 6 atom stereocenters. The molecule has 0 spiro atoms. The Labute approximate surface area is 267 Å². The first-order valence-electron chi connectivity index (χ1n) is 14.7. The lowest BCUT2D eigenvalue weighted by molar-refractivity contribution is -0.245. The second-order valence-electron chi connectivity index (χ2n) is 11.7. The minimum atomic E-state index is -2.20. The number of carbonyl (C=O) groups excluding carboxylic acids is 3. The Balaban J connectivity index is 1.63. The Hall–Kier alpha value is -4.45. The van der Waals surface area contributed by atoms with Crippen LogP contribution < -0.4 is 15.9 Å². The molecule has 1 heterocycles. The van der Waals surface area contributed by atoms with E-state index in [0.29, 0.717) is 0 Å². The first-order valence-corrected chi connectivity index (χ1v) is 14.7. The fraction of sp³-hybridized carbons (Fsp3) is 0.452. The van der Waals surface area contributed by atoms with Crippen molar-refractivity contribution in [2.45, 2.75) is 75.3 Å². The number of ether oxygens (including phenoxy) is 3. The zero-order valence-electron chi connectivity index (χ0n) is 25.4. The van der Waals surface area contributed by atoms with Gasteiger partial charge >= 0.3 is 5.97 Å². The highest BCUT2D eigenvalue weighted by molar-refractivity contribution is 6.31. The molecule has 47 heavy (non-hydrogen) atoms. The molecule has 0 bridgehead atoms. The van der Waals surface area contributed by atoms with E-state index in [1.165, 1.54) is 25.3 Å². The number of methoxy groups -OCH3 is 1. The number of nitrogens with one attached hydrogen (secondary N) is 1. The number of carboxylic acids is 1. The van der Waals surface area contributed by atoms with Crippen molar-refractivity contribution in [2.75, 3.05) is 13.7 Å². The van der Waals surface area contributed by atoms with Crippen molar-refractivity contribution in [2.24, 2.45) is 10.8 Å². The average molecular weight is 658 g/mol. The van der Waals surface area contributed by atoms with Crippen LogP contribution in [0.1, 0.15) is 81.7 Å². The normalized spacial score (nSPS) is 27.0. The van der Waals surface area contributed by atoms with Crippen LogP contribution in [0.4, 0.5) is 0 Å². The Bertz CT molecular complexity index is 1660. The number of amides is 1. The fourth-order valence-corrected chi connectivity index (χ4v) is 6.30. The summed E-state index contributed by atoms with van der Waals surface area (Å²) < 4.78 is 17.2. The number of aromatic hydroxyl groups is 2. The maximum atomic E-state index is 13.8. The molecule has 9 N–H and O–H groups in total. The summed E-state index contributed by atoms with van der Waals surface area (Å²) in [5.74, 6) is -5.04. The van der Waals surface area contributed by atoms with E-state index < -0.39 is 120 Å². The highest BCUT2D eigenvalue weighted by Gasteiger charge is 2.49. The molecule has 3 aliphatic rings. The van der Waals surface area contributed by atoms with Crippen molar-refractivity contribution in [1.29, 1.82) is 0 Å². The first kappa shape index (κ1) is 33.9. The molecule has 1 aliphatic heterocycles. The number of ketones is 2. The number of hydrazone groups is 1. The van der Waals surface area contributed by atoms with Crippen LogP contribution in [0.5, 0.6) is 17.2 Å². The van der Waals surface area contributed by atoms with Crippen molar-refractivity contribution in [3.63, 3.8) is 0 Å². The number of rotatable bonds is 9. The van der Waals surface area contributed by atoms with Gasteiger partial charge in [0.15, 0.2) is 12.1 Å². The number of hydrogen-bond donors (Lipinski definition) is 8. The van der Waals surface area contributed by atoms with Crippen molar-refractivity contribution in [1.82, 2.24) is 5.43 Å². The maximum absolute atomic E-state index is 13.8. The van der Waals surface area contributed by atoms with E-state index in [2.05, 4.69) is 10.5 Å². The Morgan fingerprint density at radius 2 is 1.83 bits per heavy atom. The second-order valence-corrected chi connectivity index (χ2v) is 11.7. The summed E-state index contributed by atoms with van der Waals surface area (Å²) in [4.78, 5) is 50.6. The number of nitrogens with zero attached hydrogens (tertiary/aromatic N) is 1. The molecule has 0 saturated carbocycles. The molecule has 16 nitrogen and oxygen atoms in total. The lowest BCUT2D eigenvalue weighted by Crippen LogP contribution is -2.53. The van der Waals surface area contributed by atoms with Gasteiger partial charge in [0.25, 0.3) is 0 Å². The van der Waals surface area contributed by atoms with Crippen molar-refractivity contribution in [3.8, 4) is 17.2 Å². The van der Waals surface area contributed by atoms with Gasteiger partial charge in [-0.2, -0.15) is 5.10 Å². The number of benzene rings is 2. The smallest absolute Gasteiger partial charge is 0.303 e. The van der Waals surface area contributed by atoms with Gasteiger partial charge in [-0.1, -0.05) is 12.1 Å². The number of fused-ring (bicyclic) bond motifs is 3. The van der Waals surface area contributed by atoms with E-state index in [9.17, 15) is 44.7 Å². The van der Waals surface area contributed by atoms with Crippen LogP contribution in [0, 0.1) is 0 Å². The number of hydrogen-bond acceptors (Lipinski definition) is 14. The van der Waals surface area contributed by atoms with Gasteiger partial charge in [-0.05, 0) is 13.0 Å². The van der Waals surface area contributed by atoms with E-state index in [1.54, 1.807) is 6.92 Å². The molecule has 5 rings (SSSR count). The molecule has 2 aliphatic carbocycles. The predicted octanol–water partition coefficient (Wildman–Crippen LogP) is -0.231. The van der Waals surface area contributed by atoms with Gasteiger partial charge in [-0.3, -0.25) is 19.2 Å². The largest absolute Gasteiger partial charge is 0.507 e. The highest BCUT2D eigenvalue weighted by Crippen LogP contribution is 2.52. The summed E-state index contributed by atoms with van der Waals surface area (Å²) in [6.45, 7) is 0.637. The van der Waals surface area contributed by atoms with Crippen LogP contribution in [0.15, 0.2) is 23.3 Å². The number of aliphatic hydroxyl groups is 3. The van der Waals surface area contributed by atoms with E-state index in [0.717, 1.165) is 0 Å². The van der Waals surface area contributed by atoms with Gasteiger partial charge in [0, 0.05) is 48.4 Å². The molecular weight excluding hydrogens is 622 g/mol. The summed E-state index contributed by atoms with van der Waals surface area (Å²) in [6.07, 6.45) is -6.37. The lowest BCUT2D eigenvalue weighted by atomic mass is 9.71. The van der Waals surface area contributed by atoms with Crippen LogP contribution in [-0.4, -0.2) is 104 Å².